The van der Waals surface area contributed by atoms with Crippen molar-refractivity contribution in [3.8, 4) is 0 Å². The summed E-state index contributed by atoms with van der Waals surface area (Å²) in [6.45, 7) is 2.46. The Balaban J connectivity index is 1.77. The van der Waals surface area contributed by atoms with Crippen LogP contribution in [0.15, 0.2) is 18.2 Å². The fraction of sp³-hybridized carbons (Fsp3) is 0.500. The van der Waals surface area contributed by atoms with E-state index >= 15 is 0 Å². The summed E-state index contributed by atoms with van der Waals surface area (Å²) < 4.78 is 0. The van der Waals surface area contributed by atoms with Crippen molar-refractivity contribution in [2.45, 2.75) is 25.4 Å². The van der Waals surface area contributed by atoms with E-state index in [9.17, 15) is 4.79 Å². The predicted octanol–water partition coefficient (Wildman–Crippen LogP) is 2.70. The molecule has 3 aliphatic heterocycles. The maximum absolute atomic E-state index is 11.8. The first-order valence-electron chi connectivity index (χ1n) is 6.59. The second kappa shape index (κ2) is 5.31. The third-order valence-corrected chi connectivity index (χ3v) is 4.82. The van der Waals surface area contributed by atoms with Gasteiger partial charge in [0.1, 0.15) is 0 Å². The summed E-state index contributed by atoms with van der Waals surface area (Å²) in [6, 6.07) is 5.99. The van der Waals surface area contributed by atoms with Gasteiger partial charge in [-0.25, -0.2) is 0 Å². The minimum absolute atomic E-state index is 0.122. The normalized spacial score (nSPS) is 27.2. The summed E-state index contributed by atoms with van der Waals surface area (Å²) in [5, 5.41) is 4.29. The Labute approximate surface area is 122 Å². The SMILES string of the molecule is O=C1N[C@H]2CC[C@@H]1CN(Cc1cccc(Cl)c1Cl)C2. The highest BCUT2D eigenvalue weighted by molar-refractivity contribution is 6.42. The van der Waals surface area contributed by atoms with Crippen molar-refractivity contribution < 1.29 is 4.79 Å². The second-order valence-corrected chi connectivity index (χ2v) is 6.17. The molecule has 1 aromatic rings. The molecule has 3 nitrogen and oxygen atoms in total. The Kier molecular flexibility index (Phi) is 3.70. The lowest BCUT2D eigenvalue weighted by Gasteiger charge is -2.23. The molecule has 0 aliphatic carbocycles. The number of benzene rings is 1. The van der Waals surface area contributed by atoms with Gasteiger partial charge in [0.05, 0.1) is 16.0 Å². The van der Waals surface area contributed by atoms with E-state index in [1.807, 2.05) is 12.1 Å². The lowest BCUT2D eigenvalue weighted by atomic mass is 9.96. The molecule has 0 unspecified atom stereocenters. The summed E-state index contributed by atoms with van der Waals surface area (Å²) in [5.41, 5.74) is 1.03. The molecular weight excluding hydrogens is 283 g/mol. The molecule has 3 heterocycles. The number of amides is 1. The van der Waals surface area contributed by atoms with Crippen LogP contribution in [0.25, 0.3) is 0 Å². The molecular formula is C14H16Cl2N2O. The predicted molar refractivity (Wildman–Crippen MR) is 76.4 cm³/mol. The number of nitrogens with zero attached hydrogens (tertiary/aromatic N) is 1. The minimum Gasteiger partial charge on any atom is -0.352 e. The van der Waals surface area contributed by atoms with Gasteiger partial charge in [-0.1, -0.05) is 35.3 Å². The van der Waals surface area contributed by atoms with Gasteiger partial charge < -0.3 is 5.32 Å². The minimum atomic E-state index is 0.122. The van der Waals surface area contributed by atoms with Crippen LogP contribution in [0, 0.1) is 5.92 Å². The van der Waals surface area contributed by atoms with Crippen LogP contribution in [0.1, 0.15) is 18.4 Å². The third-order valence-electron chi connectivity index (χ3n) is 3.96. The topological polar surface area (TPSA) is 32.3 Å². The first kappa shape index (κ1) is 13.2. The van der Waals surface area contributed by atoms with Crippen LogP contribution < -0.4 is 5.32 Å². The molecule has 3 aliphatic rings. The number of carbonyl (C=O) groups is 1. The summed E-state index contributed by atoms with van der Waals surface area (Å²) in [4.78, 5) is 14.1. The maximum atomic E-state index is 11.8. The third kappa shape index (κ3) is 2.73. The molecule has 0 radical (unpaired) electrons. The standard InChI is InChI=1S/C14H16Cl2N2O/c15-12-3-1-2-9(13(12)16)6-18-7-10-4-5-11(8-18)17-14(10)19/h1-3,10-11H,4-8H2,(H,17,19)/t10-,11+/m1/s1. The monoisotopic (exact) mass is 298 g/mol. The molecule has 19 heavy (non-hydrogen) atoms. The Morgan fingerprint density at radius 3 is 2.89 bits per heavy atom. The van der Waals surface area contributed by atoms with Gasteiger partial charge in [0, 0.05) is 25.7 Å². The lowest BCUT2D eigenvalue weighted by molar-refractivity contribution is -0.126. The number of halogens is 2. The van der Waals surface area contributed by atoms with E-state index in [0.29, 0.717) is 10.0 Å². The van der Waals surface area contributed by atoms with Gasteiger partial charge >= 0.3 is 0 Å². The van der Waals surface area contributed by atoms with Gasteiger partial charge in [0.25, 0.3) is 0 Å². The van der Waals surface area contributed by atoms with Crippen LogP contribution in [0.3, 0.4) is 0 Å². The van der Waals surface area contributed by atoms with Gasteiger partial charge in [-0.15, -0.1) is 0 Å². The molecule has 0 aromatic heterocycles. The average Bonchev–Trinajstić information content (AvgIpc) is 2.65. The molecule has 3 fully saturated rings. The van der Waals surface area contributed by atoms with Crippen molar-refractivity contribution in [1.29, 1.82) is 0 Å². The smallest absolute Gasteiger partial charge is 0.224 e. The summed E-state index contributed by atoms with van der Waals surface area (Å²) >= 11 is 12.3. The van der Waals surface area contributed by atoms with Crippen LogP contribution in [0.4, 0.5) is 0 Å². The van der Waals surface area contributed by atoms with Gasteiger partial charge in [-0.3, -0.25) is 9.69 Å². The number of rotatable bonds is 2. The summed E-state index contributed by atoms with van der Waals surface area (Å²) in [5.74, 6) is 0.327. The first-order valence-corrected chi connectivity index (χ1v) is 7.34. The average molecular weight is 299 g/mol. The van der Waals surface area contributed by atoms with Crippen molar-refractivity contribution in [2.75, 3.05) is 13.1 Å². The fourth-order valence-corrected chi connectivity index (χ4v) is 3.35. The van der Waals surface area contributed by atoms with Crippen molar-refractivity contribution >= 4 is 29.1 Å². The molecule has 102 valence electrons. The Hall–Kier alpha value is -0.770. The van der Waals surface area contributed by atoms with E-state index in [2.05, 4.69) is 10.2 Å². The second-order valence-electron chi connectivity index (χ2n) is 5.39. The fourth-order valence-electron chi connectivity index (χ4n) is 2.97. The van der Waals surface area contributed by atoms with Crippen LogP contribution in [-0.4, -0.2) is 29.9 Å². The lowest BCUT2D eigenvalue weighted by Crippen LogP contribution is -2.43. The van der Waals surface area contributed by atoms with Crippen molar-refractivity contribution in [1.82, 2.24) is 10.2 Å². The summed E-state index contributed by atoms with van der Waals surface area (Å²) in [7, 11) is 0. The molecule has 0 saturated carbocycles. The number of hydrogen-bond donors (Lipinski definition) is 1. The molecule has 2 bridgehead atoms. The van der Waals surface area contributed by atoms with Crippen molar-refractivity contribution in [3.63, 3.8) is 0 Å². The quantitative estimate of drug-likeness (QED) is 0.910. The largest absolute Gasteiger partial charge is 0.352 e. The molecule has 1 N–H and O–H groups in total. The Morgan fingerprint density at radius 2 is 2.11 bits per heavy atom. The molecule has 3 saturated heterocycles. The molecule has 4 rings (SSSR count). The molecule has 1 amide bonds. The highest BCUT2D eigenvalue weighted by Crippen LogP contribution is 2.29. The van der Waals surface area contributed by atoms with E-state index < -0.39 is 0 Å². The van der Waals surface area contributed by atoms with Crippen molar-refractivity contribution in [3.05, 3.63) is 33.8 Å². The number of piperidine rings is 1. The molecule has 1 aromatic carbocycles. The molecule has 5 heteroatoms. The van der Waals surface area contributed by atoms with Gasteiger partial charge in [0.2, 0.25) is 5.91 Å². The van der Waals surface area contributed by atoms with Crippen LogP contribution in [-0.2, 0) is 11.3 Å². The van der Waals surface area contributed by atoms with E-state index in [1.165, 1.54) is 0 Å². The van der Waals surface area contributed by atoms with E-state index in [0.717, 1.165) is 38.0 Å². The van der Waals surface area contributed by atoms with Gasteiger partial charge in [0.15, 0.2) is 0 Å². The zero-order valence-electron chi connectivity index (χ0n) is 10.5. The van der Waals surface area contributed by atoms with E-state index in [-0.39, 0.29) is 17.9 Å². The van der Waals surface area contributed by atoms with Crippen LogP contribution >= 0.6 is 23.2 Å². The van der Waals surface area contributed by atoms with E-state index in [4.69, 9.17) is 23.2 Å². The zero-order chi connectivity index (χ0) is 13.4. The Bertz CT molecular complexity index is 506. The number of carbonyl (C=O) groups excluding carboxylic acids is 1. The van der Waals surface area contributed by atoms with E-state index in [1.54, 1.807) is 6.07 Å². The summed E-state index contributed by atoms with van der Waals surface area (Å²) in [6.07, 6.45) is 2.08. The van der Waals surface area contributed by atoms with Crippen LogP contribution in [0.5, 0.6) is 0 Å². The maximum Gasteiger partial charge on any atom is 0.224 e. The zero-order valence-corrected chi connectivity index (χ0v) is 12.0. The number of nitrogens with one attached hydrogen (secondary N) is 1. The Morgan fingerprint density at radius 1 is 1.26 bits per heavy atom. The highest BCUT2D eigenvalue weighted by Gasteiger charge is 2.34. The highest BCUT2D eigenvalue weighted by atomic mass is 35.5. The number of fused-ring (bicyclic) bond motifs is 4. The van der Waals surface area contributed by atoms with Gasteiger partial charge in [-0.2, -0.15) is 0 Å². The molecule has 2 atom stereocenters. The molecule has 0 spiro atoms. The van der Waals surface area contributed by atoms with Crippen LogP contribution in [0.2, 0.25) is 10.0 Å². The van der Waals surface area contributed by atoms with Crippen molar-refractivity contribution in [2.24, 2.45) is 5.92 Å². The number of hydrogen-bond acceptors (Lipinski definition) is 2. The first-order chi connectivity index (χ1) is 9.13. The van der Waals surface area contributed by atoms with Gasteiger partial charge in [-0.05, 0) is 24.5 Å².